The van der Waals surface area contributed by atoms with Crippen molar-refractivity contribution in [2.24, 2.45) is 0 Å². The highest BCUT2D eigenvalue weighted by Gasteiger charge is 2.28. The summed E-state index contributed by atoms with van der Waals surface area (Å²) in [5.41, 5.74) is 0.644. The fraction of sp³-hybridized carbons (Fsp3) is 0. The second-order valence-electron chi connectivity index (χ2n) is 2.63. The number of anilines is 1. The second kappa shape index (κ2) is 2.56. The number of aromatic hydroxyl groups is 1. The van der Waals surface area contributed by atoms with Gasteiger partial charge in [0.2, 0.25) is 0 Å². The maximum Gasteiger partial charge on any atom is 0.296 e. The van der Waals surface area contributed by atoms with Crippen LogP contribution < -0.4 is 5.32 Å². The number of rotatable bonds is 0. The van der Waals surface area contributed by atoms with Crippen LogP contribution in [0.15, 0.2) is 16.6 Å². The molecule has 2 N–H and O–H groups in total. The topological polar surface area (TPSA) is 66.4 Å². The summed E-state index contributed by atoms with van der Waals surface area (Å²) in [5.74, 6) is -1.24. The summed E-state index contributed by atoms with van der Waals surface area (Å²) < 4.78 is 0.399. The summed E-state index contributed by atoms with van der Waals surface area (Å²) in [6.07, 6.45) is 0. The van der Waals surface area contributed by atoms with Gasteiger partial charge in [0.1, 0.15) is 5.75 Å². The Kier molecular flexibility index (Phi) is 1.63. The van der Waals surface area contributed by atoms with Gasteiger partial charge in [-0.25, -0.2) is 0 Å². The molecule has 0 atom stereocenters. The van der Waals surface area contributed by atoms with Gasteiger partial charge in [0.25, 0.3) is 11.7 Å². The van der Waals surface area contributed by atoms with Crippen LogP contribution in [-0.2, 0) is 4.79 Å². The smallest absolute Gasteiger partial charge is 0.296 e. The van der Waals surface area contributed by atoms with Gasteiger partial charge in [-0.3, -0.25) is 9.59 Å². The predicted octanol–water partition coefficient (Wildman–Crippen LogP) is 1.29. The Bertz CT molecular complexity index is 428. The van der Waals surface area contributed by atoms with Crippen LogP contribution in [-0.4, -0.2) is 16.8 Å². The Balaban J connectivity index is 2.66. The van der Waals surface area contributed by atoms with Crippen molar-refractivity contribution >= 4 is 33.3 Å². The third-order valence-electron chi connectivity index (χ3n) is 1.79. The number of hydrogen-bond acceptors (Lipinski definition) is 3. The Labute approximate surface area is 81.7 Å². The van der Waals surface area contributed by atoms with E-state index >= 15 is 0 Å². The first-order chi connectivity index (χ1) is 6.09. The van der Waals surface area contributed by atoms with Crippen molar-refractivity contribution in [3.63, 3.8) is 0 Å². The predicted molar refractivity (Wildman–Crippen MR) is 48.8 cm³/mol. The number of nitrogens with one attached hydrogen (secondary N) is 1. The number of Topliss-reactive ketones (excluding diaryl/α,β-unsaturated/α-hetero) is 1. The maximum absolute atomic E-state index is 11.1. The molecule has 1 aliphatic heterocycles. The van der Waals surface area contributed by atoms with Crippen molar-refractivity contribution in [1.29, 1.82) is 0 Å². The summed E-state index contributed by atoms with van der Waals surface area (Å²) >= 11 is 3.05. The van der Waals surface area contributed by atoms with E-state index in [0.29, 0.717) is 10.2 Å². The minimum absolute atomic E-state index is 0.00579. The van der Waals surface area contributed by atoms with E-state index in [1.165, 1.54) is 12.1 Å². The van der Waals surface area contributed by atoms with Gasteiger partial charge < -0.3 is 10.4 Å². The molecule has 4 nitrogen and oxygen atoms in total. The lowest BCUT2D eigenvalue weighted by molar-refractivity contribution is -0.112. The van der Waals surface area contributed by atoms with Crippen molar-refractivity contribution < 1.29 is 14.7 Å². The molecule has 1 aromatic carbocycles. The maximum atomic E-state index is 11.1. The number of carbonyl (C=O) groups excluding carboxylic acids is 2. The normalized spacial score (nSPS) is 14.2. The van der Waals surface area contributed by atoms with E-state index in [9.17, 15) is 14.7 Å². The first-order valence-corrected chi connectivity index (χ1v) is 4.27. The monoisotopic (exact) mass is 241 g/mol. The first kappa shape index (κ1) is 8.25. The molecule has 13 heavy (non-hydrogen) atoms. The number of phenolic OH excluding ortho intramolecular Hbond substituents is 1. The molecule has 0 bridgehead atoms. The highest BCUT2D eigenvalue weighted by atomic mass is 79.9. The minimum Gasteiger partial charge on any atom is -0.507 e. The summed E-state index contributed by atoms with van der Waals surface area (Å²) in [6.45, 7) is 0. The zero-order chi connectivity index (χ0) is 9.59. The van der Waals surface area contributed by atoms with Crippen LogP contribution in [0.4, 0.5) is 5.69 Å². The van der Waals surface area contributed by atoms with Gasteiger partial charge >= 0.3 is 0 Å². The Hall–Kier alpha value is -1.36. The van der Waals surface area contributed by atoms with E-state index in [-0.39, 0.29) is 11.3 Å². The third-order valence-corrected chi connectivity index (χ3v) is 2.42. The number of carbonyl (C=O) groups is 2. The lowest BCUT2D eigenvalue weighted by atomic mass is 10.1. The minimum atomic E-state index is -0.660. The molecule has 1 amide bonds. The number of halogens is 1. The van der Waals surface area contributed by atoms with Gasteiger partial charge in [0.05, 0.1) is 15.7 Å². The highest BCUT2D eigenvalue weighted by Crippen LogP contribution is 2.33. The Morgan fingerprint density at radius 3 is 2.69 bits per heavy atom. The molecule has 5 heteroatoms. The molecule has 0 saturated heterocycles. The largest absolute Gasteiger partial charge is 0.507 e. The lowest BCUT2D eigenvalue weighted by Gasteiger charge is -1.99. The number of hydrogen-bond donors (Lipinski definition) is 2. The number of fused-ring (bicyclic) bond motifs is 1. The average molecular weight is 242 g/mol. The quantitative estimate of drug-likeness (QED) is 0.673. The van der Waals surface area contributed by atoms with Gasteiger partial charge in [-0.2, -0.15) is 0 Å². The van der Waals surface area contributed by atoms with E-state index in [4.69, 9.17) is 0 Å². The van der Waals surface area contributed by atoms with Crippen molar-refractivity contribution in [2.45, 2.75) is 0 Å². The number of ketones is 1. The van der Waals surface area contributed by atoms with E-state index < -0.39 is 11.7 Å². The molecule has 1 heterocycles. The molecular formula is C8H4BrNO3. The molecule has 1 aliphatic rings. The van der Waals surface area contributed by atoms with Crippen molar-refractivity contribution in [3.05, 3.63) is 22.2 Å². The fourth-order valence-electron chi connectivity index (χ4n) is 1.15. The lowest BCUT2D eigenvalue weighted by Crippen LogP contribution is -2.12. The van der Waals surface area contributed by atoms with Crippen molar-refractivity contribution in [1.82, 2.24) is 0 Å². The molecule has 2 rings (SSSR count). The molecule has 0 radical (unpaired) electrons. The number of phenols is 1. The van der Waals surface area contributed by atoms with E-state index in [0.717, 1.165) is 0 Å². The average Bonchev–Trinajstić information content (AvgIpc) is 2.32. The van der Waals surface area contributed by atoms with Crippen LogP contribution in [0.25, 0.3) is 0 Å². The van der Waals surface area contributed by atoms with Gasteiger partial charge in [0.15, 0.2) is 0 Å². The molecule has 0 aliphatic carbocycles. The van der Waals surface area contributed by atoms with Crippen LogP contribution in [0.5, 0.6) is 5.75 Å². The van der Waals surface area contributed by atoms with E-state index in [2.05, 4.69) is 21.2 Å². The Morgan fingerprint density at radius 2 is 2.00 bits per heavy atom. The summed E-state index contributed by atoms with van der Waals surface area (Å²) in [5, 5.41) is 11.6. The van der Waals surface area contributed by atoms with E-state index in [1.54, 1.807) is 0 Å². The zero-order valence-electron chi connectivity index (χ0n) is 6.30. The number of benzene rings is 1. The molecule has 0 fully saturated rings. The van der Waals surface area contributed by atoms with Crippen molar-refractivity contribution in [2.75, 3.05) is 5.32 Å². The molecule has 0 saturated carbocycles. The summed E-state index contributed by atoms with van der Waals surface area (Å²) in [7, 11) is 0. The molecule has 0 aromatic heterocycles. The second-order valence-corrected chi connectivity index (χ2v) is 3.49. The molecule has 1 aromatic rings. The molecule has 0 spiro atoms. The zero-order valence-corrected chi connectivity index (χ0v) is 7.88. The van der Waals surface area contributed by atoms with Crippen LogP contribution in [0.2, 0.25) is 0 Å². The van der Waals surface area contributed by atoms with Crippen molar-refractivity contribution in [3.8, 4) is 5.75 Å². The SMILES string of the molecule is O=C1Nc2cc(O)c(Br)cc2C1=O. The summed E-state index contributed by atoms with van der Waals surface area (Å²) in [6, 6.07) is 2.76. The van der Waals surface area contributed by atoms with Crippen LogP contribution in [0.1, 0.15) is 10.4 Å². The van der Waals surface area contributed by atoms with Gasteiger partial charge in [0, 0.05) is 6.07 Å². The standard InChI is InChI=1S/C8H4BrNO3/c9-4-1-3-5(2-6(4)11)10-8(13)7(3)12/h1-2,11H,(H,10,12,13). The fourth-order valence-corrected chi connectivity index (χ4v) is 1.50. The highest BCUT2D eigenvalue weighted by molar-refractivity contribution is 9.10. The van der Waals surface area contributed by atoms with Gasteiger partial charge in [-0.15, -0.1) is 0 Å². The van der Waals surface area contributed by atoms with Crippen LogP contribution >= 0.6 is 15.9 Å². The molecule has 0 unspecified atom stereocenters. The van der Waals surface area contributed by atoms with Crippen LogP contribution in [0.3, 0.4) is 0 Å². The molecular weight excluding hydrogens is 238 g/mol. The first-order valence-electron chi connectivity index (χ1n) is 3.48. The summed E-state index contributed by atoms with van der Waals surface area (Å²) in [4.78, 5) is 22.0. The number of amides is 1. The van der Waals surface area contributed by atoms with Gasteiger partial charge in [-0.1, -0.05) is 0 Å². The van der Waals surface area contributed by atoms with E-state index in [1.807, 2.05) is 0 Å². The Morgan fingerprint density at radius 1 is 1.31 bits per heavy atom. The van der Waals surface area contributed by atoms with Gasteiger partial charge in [-0.05, 0) is 22.0 Å². The third kappa shape index (κ3) is 1.12. The van der Waals surface area contributed by atoms with Crippen LogP contribution in [0, 0.1) is 0 Å². The molecule has 66 valence electrons.